The van der Waals surface area contributed by atoms with Crippen LogP contribution in [0.3, 0.4) is 0 Å². The summed E-state index contributed by atoms with van der Waals surface area (Å²) >= 11 is 1.68. The maximum Gasteiger partial charge on any atom is 0.303 e. The first-order valence-corrected chi connectivity index (χ1v) is 6.57. The summed E-state index contributed by atoms with van der Waals surface area (Å²) in [4.78, 5) is 22.9. The molecule has 0 bridgehead atoms. The number of aliphatic carboxylic acids is 1. The van der Waals surface area contributed by atoms with Crippen molar-refractivity contribution in [3.63, 3.8) is 0 Å². The highest BCUT2D eigenvalue weighted by molar-refractivity contribution is 7.09. The molecule has 1 rings (SSSR count). The monoisotopic (exact) mass is 255 g/mol. The van der Waals surface area contributed by atoms with E-state index in [1.54, 1.807) is 11.3 Å². The number of carbonyl (C=O) groups excluding carboxylic acids is 1. The van der Waals surface area contributed by atoms with Crippen LogP contribution in [-0.2, 0) is 16.0 Å². The summed E-state index contributed by atoms with van der Waals surface area (Å²) in [5.74, 6) is -0.796. The van der Waals surface area contributed by atoms with Crippen LogP contribution in [0.15, 0.2) is 17.5 Å². The first-order valence-electron chi connectivity index (χ1n) is 5.69. The van der Waals surface area contributed by atoms with E-state index in [-0.39, 0.29) is 12.3 Å². The molecular formula is C12H17NO3S. The third-order valence-electron chi connectivity index (χ3n) is 2.32. The number of hydrogen-bond acceptors (Lipinski definition) is 3. The Kier molecular flexibility index (Phi) is 6.32. The highest BCUT2D eigenvalue weighted by atomic mass is 32.1. The number of carbonyl (C=O) groups is 2. The van der Waals surface area contributed by atoms with Crippen molar-refractivity contribution in [1.29, 1.82) is 0 Å². The standard InChI is InChI=1S/C12H17NO3S/c14-11(5-1-2-6-12(15)16)13-8-7-10-4-3-9-17-10/h3-4,9H,1-2,5-8H2,(H,13,14)(H,15,16). The molecule has 0 spiro atoms. The van der Waals surface area contributed by atoms with Crippen LogP contribution in [0, 0.1) is 0 Å². The fraction of sp³-hybridized carbons (Fsp3) is 0.500. The number of thiophene rings is 1. The van der Waals surface area contributed by atoms with Crippen molar-refractivity contribution < 1.29 is 14.7 Å². The fourth-order valence-electron chi connectivity index (χ4n) is 1.43. The lowest BCUT2D eigenvalue weighted by molar-refractivity contribution is -0.137. The maximum atomic E-state index is 11.4. The van der Waals surface area contributed by atoms with E-state index in [0.717, 1.165) is 6.42 Å². The Labute approximate surface area is 105 Å². The minimum Gasteiger partial charge on any atom is -0.481 e. The van der Waals surface area contributed by atoms with Crippen molar-refractivity contribution in [2.45, 2.75) is 32.1 Å². The van der Waals surface area contributed by atoms with Gasteiger partial charge in [0.05, 0.1) is 0 Å². The van der Waals surface area contributed by atoms with Crippen molar-refractivity contribution in [3.8, 4) is 0 Å². The molecule has 2 N–H and O–H groups in total. The predicted octanol–water partition coefficient (Wildman–Crippen LogP) is 2.05. The summed E-state index contributed by atoms with van der Waals surface area (Å²) < 4.78 is 0. The molecule has 0 aromatic carbocycles. The van der Waals surface area contributed by atoms with E-state index in [9.17, 15) is 9.59 Å². The molecule has 0 fully saturated rings. The van der Waals surface area contributed by atoms with E-state index in [0.29, 0.717) is 25.8 Å². The minimum absolute atomic E-state index is 0.00643. The molecule has 0 saturated carbocycles. The predicted molar refractivity (Wildman–Crippen MR) is 67.1 cm³/mol. The first-order chi connectivity index (χ1) is 8.18. The van der Waals surface area contributed by atoms with E-state index < -0.39 is 5.97 Å². The third kappa shape index (κ3) is 6.73. The summed E-state index contributed by atoms with van der Waals surface area (Å²) in [5, 5.41) is 13.3. The van der Waals surface area contributed by atoms with Crippen LogP contribution < -0.4 is 5.32 Å². The van der Waals surface area contributed by atoms with Gasteiger partial charge in [-0.15, -0.1) is 11.3 Å². The molecule has 0 aliphatic heterocycles. The van der Waals surface area contributed by atoms with Gasteiger partial charge < -0.3 is 10.4 Å². The molecule has 0 radical (unpaired) electrons. The Balaban J connectivity index is 1.99. The number of hydrogen-bond donors (Lipinski definition) is 2. The smallest absolute Gasteiger partial charge is 0.303 e. The number of rotatable bonds is 8. The Morgan fingerprint density at radius 2 is 2.06 bits per heavy atom. The zero-order valence-corrected chi connectivity index (χ0v) is 10.5. The largest absolute Gasteiger partial charge is 0.481 e. The molecule has 0 saturated heterocycles. The lowest BCUT2D eigenvalue weighted by Gasteiger charge is -2.03. The van der Waals surface area contributed by atoms with Gasteiger partial charge in [0, 0.05) is 24.3 Å². The summed E-state index contributed by atoms with van der Waals surface area (Å²) in [6, 6.07) is 4.04. The van der Waals surface area contributed by atoms with Gasteiger partial charge >= 0.3 is 5.97 Å². The van der Waals surface area contributed by atoms with Crippen LogP contribution >= 0.6 is 11.3 Å². The normalized spacial score (nSPS) is 10.1. The summed E-state index contributed by atoms with van der Waals surface area (Å²) in [7, 11) is 0. The van der Waals surface area contributed by atoms with Gasteiger partial charge in [-0.1, -0.05) is 6.07 Å². The van der Waals surface area contributed by atoms with Gasteiger partial charge in [-0.2, -0.15) is 0 Å². The molecule has 1 aromatic rings. The average Bonchev–Trinajstić information content (AvgIpc) is 2.77. The van der Waals surface area contributed by atoms with Gasteiger partial charge in [0.1, 0.15) is 0 Å². The minimum atomic E-state index is -0.803. The molecule has 0 aliphatic carbocycles. The fourth-order valence-corrected chi connectivity index (χ4v) is 2.14. The SMILES string of the molecule is O=C(O)CCCCC(=O)NCCc1cccs1. The van der Waals surface area contributed by atoms with E-state index in [4.69, 9.17) is 5.11 Å². The van der Waals surface area contributed by atoms with Crippen LogP contribution in [0.25, 0.3) is 0 Å². The van der Waals surface area contributed by atoms with E-state index in [2.05, 4.69) is 5.32 Å². The molecule has 5 heteroatoms. The van der Waals surface area contributed by atoms with Crippen LogP contribution in [-0.4, -0.2) is 23.5 Å². The number of nitrogens with one attached hydrogen (secondary N) is 1. The van der Waals surface area contributed by atoms with Crippen LogP contribution in [0.1, 0.15) is 30.6 Å². The zero-order chi connectivity index (χ0) is 12.5. The number of amides is 1. The Morgan fingerprint density at radius 1 is 1.29 bits per heavy atom. The highest BCUT2D eigenvalue weighted by Crippen LogP contribution is 2.08. The second-order valence-corrected chi connectivity index (χ2v) is 4.81. The van der Waals surface area contributed by atoms with Crippen LogP contribution in [0.5, 0.6) is 0 Å². The lowest BCUT2D eigenvalue weighted by Crippen LogP contribution is -2.25. The van der Waals surface area contributed by atoms with E-state index >= 15 is 0 Å². The average molecular weight is 255 g/mol. The van der Waals surface area contributed by atoms with Crippen molar-refractivity contribution in [2.24, 2.45) is 0 Å². The van der Waals surface area contributed by atoms with Gasteiger partial charge in [0.15, 0.2) is 0 Å². The second kappa shape index (κ2) is 7.84. The summed E-state index contributed by atoms with van der Waals surface area (Å²) in [6.07, 6.45) is 2.61. The highest BCUT2D eigenvalue weighted by Gasteiger charge is 2.02. The molecule has 4 nitrogen and oxygen atoms in total. The Bertz CT molecular complexity index is 349. The molecular weight excluding hydrogens is 238 g/mol. The Hall–Kier alpha value is -1.36. The number of unbranched alkanes of at least 4 members (excludes halogenated alkanes) is 1. The van der Waals surface area contributed by atoms with Gasteiger partial charge in [-0.3, -0.25) is 9.59 Å². The van der Waals surface area contributed by atoms with Crippen LogP contribution in [0.4, 0.5) is 0 Å². The number of carboxylic acid groups (broad SMARTS) is 1. The van der Waals surface area contributed by atoms with Gasteiger partial charge in [0.2, 0.25) is 5.91 Å². The van der Waals surface area contributed by atoms with E-state index in [1.165, 1.54) is 4.88 Å². The third-order valence-corrected chi connectivity index (χ3v) is 3.25. The lowest BCUT2D eigenvalue weighted by atomic mass is 10.2. The quantitative estimate of drug-likeness (QED) is 0.699. The molecule has 0 unspecified atom stereocenters. The van der Waals surface area contributed by atoms with Crippen LogP contribution in [0.2, 0.25) is 0 Å². The summed E-state index contributed by atoms with van der Waals surface area (Å²) in [5.41, 5.74) is 0. The molecule has 0 aliphatic rings. The van der Waals surface area contributed by atoms with Crippen molar-refractivity contribution >= 4 is 23.2 Å². The Morgan fingerprint density at radius 3 is 2.71 bits per heavy atom. The molecule has 94 valence electrons. The topological polar surface area (TPSA) is 66.4 Å². The molecule has 1 aromatic heterocycles. The molecule has 17 heavy (non-hydrogen) atoms. The van der Waals surface area contributed by atoms with Gasteiger partial charge in [0.25, 0.3) is 0 Å². The van der Waals surface area contributed by atoms with Gasteiger partial charge in [-0.25, -0.2) is 0 Å². The second-order valence-electron chi connectivity index (χ2n) is 3.78. The van der Waals surface area contributed by atoms with Gasteiger partial charge in [-0.05, 0) is 30.7 Å². The van der Waals surface area contributed by atoms with Crippen molar-refractivity contribution in [1.82, 2.24) is 5.32 Å². The first kappa shape index (κ1) is 13.7. The van der Waals surface area contributed by atoms with Crippen molar-refractivity contribution in [2.75, 3.05) is 6.54 Å². The number of carboxylic acids is 1. The molecule has 1 amide bonds. The molecule has 1 heterocycles. The van der Waals surface area contributed by atoms with E-state index in [1.807, 2.05) is 17.5 Å². The molecule has 0 atom stereocenters. The van der Waals surface area contributed by atoms with Crippen molar-refractivity contribution in [3.05, 3.63) is 22.4 Å². The summed E-state index contributed by atoms with van der Waals surface area (Å²) in [6.45, 7) is 0.651. The maximum absolute atomic E-state index is 11.4. The zero-order valence-electron chi connectivity index (χ0n) is 9.65.